The molecule has 0 aromatic carbocycles. The Kier molecular flexibility index (Phi) is 5.35. The van der Waals surface area contributed by atoms with Crippen LogP contribution in [0, 0.1) is 0 Å². The molecule has 0 amide bonds. The minimum Gasteiger partial charge on any atom is -0.304 e. The van der Waals surface area contributed by atoms with Gasteiger partial charge in [-0.2, -0.15) is 16.9 Å². The van der Waals surface area contributed by atoms with Gasteiger partial charge in [-0.3, -0.25) is 4.68 Å². The fourth-order valence-corrected chi connectivity index (χ4v) is 2.34. The van der Waals surface area contributed by atoms with Crippen LogP contribution in [0.5, 0.6) is 0 Å². The van der Waals surface area contributed by atoms with Crippen molar-refractivity contribution in [3.05, 3.63) is 18.5 Å². The second kappa shape index (κ2) is 6.30. The summed E-state index contributed by atoms with van der Waals surface area (Å²) in [5.41, 5.74) is 0. The summed E-state index contributed by atoms with van der Waals surface area (Å²) in [5, 5.41) is 4.19. The van der Waals surface area contributed by atoms with Crippen molar-refractivity contribution < 1.29 is 0 Å². The topological polar surface area (TPSA) is 21.1 Å². The first kappa shape index (κ1) is 13.6. The largest absolute Gasteiger partial charge is 0.304 e. The summed E-state index contributed by atoms with van der Waals surface area (Å²) in [6.45, 7) is 9.98. The fourth-order valence-electron chi connectivity index (χ4n) is 1.33. The maximum atomic E-state index is 4.19. The van der Waals surface area contributed by atoms with Gasteiger partial charge in [0.1, 0.15) is 0 Å². The summed E-state index contributed by atoms with van der Waals surface area (Å²) in [5.74, 6) is 1.19. The third-order valence-electron chi connectivity index (χ3n) is 2.28. The van der Waals surface area contributed by atoms with Gasteiger partial charge in [0.2, 0.25) is 0 Å². The van der Waals surface area contributed by atoms with Gasteiger partial charge < -0.3 is 4.90 Å². The lowest BCUT2D eigenvalue weighted by Crippen LogP contribution is -2.26. The second-order valence-corrected chi connectivity index (χ2v) is 6.95. The molecule has 1 heterocycles. The average Bonchev–Trinajstić information content (AvgIpc) is 2.65. The van der Waals surface area contributed by atoms with Crippen molar-refractivity contribution in [3.8, 4) is 0 Å². The van der Waals surface area contributed by atoms with E-state index in [1.54, 1.807) is 0 Å². The molecule has 0 spiro atoms. The molecule has 1 aromatic heterocycles. The van der Waals surface area contributed by atoms with E-state index in [-0.39, 0.29) is 0 Å². The van der Waals surface area contributed by atoms with Crippen molar-refractivity contribution in [2.75, 3.05) is 25.9 Å². The Hall–Kier alpha value is -0.480. The molecule has 0 aliphatic rings. The van der Waals surface area contributed by atoms with E-state index in [4.69, 9.17) is 0 Å². The Morgan fingerprint density at radius 1 is 1.31 bits per heavy atom. The van der Waals surface area contributed by atoms with Crippen molar-refractivity contribution in [3.63, 3.8) is 0 Å². The number of nitrogens with zero attached hydrogens (tertiary/aromatic N) is 3. The van der Waals surface area contributed by atoms with Crippen molar-refractivity contribution in [2.24, 2.45) is 0 Å². The molecule has 3 nitrogen and oxygen atoms in total. The molecule has 1 aromatic rings. The lowest BCUT2D eigenvalue weighted by Gasteiger charge is -2.21. The molecular weight excluding hydrogens is 218 g/mol. The molecule has 0 saturated carbocycles. The number of aromatic nitrogens is 2. The summed E-state index contributed by atoms with van der Waals surface area (Å²) in [6.07, 6.45) is 3.84. The van der Waals surface area contributed by atoms with E-state index < -0.39 is 0 Å². The Morgan fingerprint density at radius 3 is 2.62 bits per heavy atom. The van der Waals surface area contributed by atoms with Crippen molar-refractivity contribution in [2.45, 2.75) is 32.1 Å². The van der Waals surface area contributed by atoms with Crippen LogP contribution in [0.2, 0.25) is 0 Å². The van der Waals surface area contributed by atoms with Crippen molar-refractivity contribution in [1.29, 1.82) is 0 Å². The van der Waals surface area contributed by atoms with E-state index >= 15 is 0 Å². The van der Waals surface area contributed by atoms with Crippen LogP contribution >= 0.6 is 11.8 Å². The zero-order valence-electron chi connectivity index (χ0n) is 10.8. The normalized spacial score (nSPS) is 12.3. The molecule has 0 atom stereocenters. The highest BCUT2D eigenvalue weighted by Gasteiger charge is 2.10. The van der Waals surface area contributed by atoms with E-state index in [1.165, 1.54) is 5.75 Å². The summed E-state index contributed by atoms with van der Waals surface area (Å²) >= 11 is 2.02. The second-order valence-electron chi connectivity index (χ2n) is 5.03. The van der Waals surface area contributed by atoms with Gasteiger partial charge >= 0.3 is 0 Å². The van der Waals surface area contributed by atoms with E-state index in [1.807, 2.05) is 34.9 Å². The molecule has 0 aliphatic heterocycles. The van der Waals surface area contributed by atoms with Crippen molar-refractivity contribution in [1.82, 2.24) is 14.7 Å². The van der Waals surface area contributed by atoms with Gasteiger partial charge in [-0.1, -0.05) is 20.8 Å². The number of hydrogen-bond acceptors (Lipinski definition) is 3. The highest BCUT2D eigenvalue weighted by molar-refractivity contribution is 8.00. The van der Waals surface area contributed by atoms with Gasteiger partial charge in [-0.05, 0) is 13.1 Å². The van der Waals surface area contributed by atoms with Gasteiger partial charge in [0, 0.05) is 36.0 Å². The molecule has 0 radical (unpaired) electrons. The first-order valence-corrected chi connectivity index (χ1v) is 6.76. The van der Waals surface area contributed by atoms with Crippen LogP contribution in [0.3, 0.4) is 0 Å². The number of hydrogen-bond donors (Lipinski definition) is 0. The van der Waals surface area contributed by atoms with Crippen LogP contribution in [-0.2, 0) is 6.54 Å². The number of rotatable bonds is 6. The van der Waals surface area contributed by atoms with E-state index in [0.29, 0.717) is 4.75 Å². The molecule has 0 aliphatic carbocycles. The Bertz CT molecular complexity index is 277. The summed E-state index contributed by atoms with van der Waals surface area (Å²) in [6, 6.07) is 1.97. The van der Waals surface area contributed by atoms with Crippen molar-refractivity contribution >= 4 is 11.8 Å². The predicted molar refractivity (Wildman–Crippen MR) is 71.9 cm³/mol. The zero-order chi connectivity index (χ0) is 12.0. The zero-order valence-corrected chi connectivity index (χ0v) is 11.6. The molecule has 0 N–H and O–H groups in total. The predicted octanol–water partition coefficient (Wildman–Crippen LogP) is 2.35. The van der Waals surface area contributed by atoms with E-state index in [9.17, 15) is 0 Å². The maximum Gasteiger partial charge on any atom is 0.0536 e. The molecule has 0 fully saturated rings. The SMILES string of the molecule is CN(CCSC(C)(C)C)CCn1cccn1. The monoisotopic (exact) mass is 241 g/mol. The van der Waals surface area contributed by atoms with Crippen LogP contribution in [-0.4, -0.2) is 45.3 Å². The van der Waals surface area contributed by atoms with E-state index in [0.717, 1.165) is 19.6 Å². The highest BCUT2D eigenvalue weighted by Crippen LogP contribution is 2.22. The highest BCUT2D eigenvalue weighted by atomic mass is 32.2. The van der Waals surface area contributed by atoms with Gasteiger partial charge in [0.25, 0.3) is 0 Å². The molecule has 16 heavy (non-hydrogen) atoms. The van der Waals surface area contributed by atoms with E-state index in [2.05, 4.69) is 37.8 Å². The van der Waals surface area contributed by atoms with Gasteiger partial charge in [-0.15, -0.1) is 0 Å². The van der Waals surface area contributed by atoms with Gasteiger partial charge in [0.05, 0.1) is 6.54 Å². The Labute approximate surface area is 103 Å². The first-order chi connectivity index (χ1) is 7.47. The molecule has 4 heteroatoms. The minimum atomic E-state index is 0.378. The molecule has 0 saturated heterocycles. The Balaban J connectivity index is 2.09. The standard InChI is InChI=1S/C12H23N3S/c1-12(2,3)16-11-10-14(4)8-9-15-7-5-6-13-15/h5-7H,8-11H2,1-4H3. The van der Waals surface area contributed by atoms with Crippen LogP contribution < -0.4 is 0 Å². The third kappa shape index (κ3) is 6.18. The summed E-state index contributed by atoms with van der Waals surface area (Å²) in [4.78, 5) is 2.36. The maximum absolute atomic E-state index is 4.19. The van der Waals surface area contributed by atoms with Crippen LogP contribution in [0.15, 0.2) is 18.5 Å². The van der Waals surface area contributed by atoms with Crippen LogP contribution in [0.4, 0.5) is 0 Å². The van der Waals surface area contributed by atoms with Gasteiger partial charge in [0.15, 0.2) is 0 Å². The molecule has 0 bridgehead atoms. The van der Waals surface area contributed by atoms with Crippen LogP contribution in [0.25, 0.3) is 0 Å². The van der Waals surface area contributed by atoms with Crippen LogP contribution in [0.1, 0.15) is 20.8 Å². The lowest BCUT2D eigenvalue weighted by atomic mass is 10.3. The fraction of sp³-hybridized carbons (Fsp3) is 0.750. The smallest absolute Gasteiger partial charge is 0.0536 e. The number of thioether (sulfide) groups is 1. The summed E-state index contributed by atoms with van der Waals surface area (Å²) in [7, 11) is 2.17. The first-order valence-electron chi connectivity index (χ1n) is 5.77. The van der Waals surface area contributed by atoms with Gasteiger partial charge in [-0.25, -0.2) is 0 Å². The molecule has 92 valence electrons. The Morgan fingerprint density at radius 2 is 2.06 bits per heavy atom. The lowest BCUT2D eigenvalue weighted by molar-refractivity contribution is 0.330. The minimum absolute atomic E-state index is 0.378. The summed E-state index contributed by atoms with van der Waals surface area (Å²) < 4.78 is 2.36. The average molecular weight is 241 g/mol. The third-order valence-corrected chi connectivity index (χ3v) is 3.53. The molecular formula is C12H23N3S. The number of likely N-dealkylation sites (N-methyl/N-ethyl adjacent to an activating group) is 1. The quantitative estimate of drug-likeness (QED) is 0.763. The molecule has 1 rings (SSSR count). The molecule has 0 unspecified atom stereocenters.